The van der Waals surface area contributed by atoms with Crippen LogP contribution in [0.5, 0.6) is 0 Å². The number of halogens is 4. The third kappa shape index (κ3) is 6.71. The molecule has 0 aliphatic heterocycles. The van der Waals surface area contributed by atoms with Gasteiger partial charge in [-0.3, -0.25) is 9.59 Å². The van der Waals surface area contributed by atoms with E-state index in [-0.39, 0.29) is 0 Å². The Balaban J connectivity index is 1.75. The first-order valence-electron chi connectivity index (χ1n) is 9.42. The SMILES string of the molecule is O=C(/C=C/c1cn(-c2ccccc2)nc1-c1ccc(Cl)cc1)NCC(=O)NCC(F)(F)F. The minimum Gasteiger partial charge on any atom is -0.345 e. The van der Waals surface area contributed by atoms with Gasteiger partial charge < -0.3 is 10.6 Å². The molecule has 2 amide bonds. The Labute approximate surface area is 186 Å². The molecule has 0 spiro atoms. The summed E-state index contributed by atoms with van der Waals surface area (Å²) in [5.74, 6) is -1.58. The zero-order valence-corrected chi connectivity index (χ0v) is 17.3. The third-order valence-electron chi connectivity index (χ3n) is 4.20. The molecule has 0 bridgehead atoms. The fourth-order valence-electron chi connectivity index (χ4n) is 2.71. The number of nitrogens with one attached hydrogen (secondary N) is 2. The summed E-state index contributed by atoms with van der Waals surface area (Å²) in [7, 11) is 0. The molecule has 1 aromatic heterocycles. The van der Waals surface area contributed by atoms with Crippen molar-refractivity contribution in [2.24, 2.45) is 0 Å². The smallest absolute Gasteiger partial charge is 0.345 e. The average Bonchev–Trinajstić information content (AvgIpc) is 3.20. The van der Waals surface area contributed by atoms with Crippen molar-refractivity contribution in [1.29, 1.82) is 0 Å². The molecule has 166 valence electrons. The number of aromatic nitrogens is 2. The maximum atomic E-state index is 12.1. The van der Waals surface area contributed by atoms with Gasteiger partial charge in [0.25, 0.3) is 0 Å². The van der Waals surface area contributed by atoms with Crippen LogP contribution >= 0.6 is 11.6 Å². The monoisotopic (exact) mass is 462 g/mol. The summed E-state index contributed by atoms with van der Waals surface area (Å²) in [6, 6.07) is 16.4. The topological polar surface area (TPSA) is 76.0 Å². The van der Waals surface area contributed by atoms with E-state index in [0.717, 1.165) is 11.3 Å². The number of hydrogen-bond acceptors (Lipinski definition) is 3. The van der Waals surface area contributed by atoms with Crippen molar-refractivity contribution in [3.05, 3.63) is 77.5 Å². The molecule has 6 nitrogen and oxygen atoms in total. The van der Waals surface area contributed by atoms with Crippen molar-refractivity contribution in [2.75, 3.05) is 13.1 Å². The van der Waals surface area contributed by atoms with Crippen molar-refractivity contribution in [1.82, 2.24) is 20.4 Å². The van der Waals surface area contributed by atoms with Crippen molar-refractivity contribution < 1.29 is 22.8 Å². The van der Waals surface area contributed by atoms with Gasteiger partial charge in [-0.2, -0.15) is 18.3 Å². The number of amides is 2. The molecule has 1 heterocycles. The molecule has 0 aliphatic carbocycles. The van der Waals surface area contributed by atoms with Crippen molar-refractivity contribution in [3.63, 3.8) is 0 Å². The Hall–Kier alpha value is -3.59. The molecule has 0 unspecified atom stereocenters. The van der Waals surface area contributed by atoms with Gasteiger partial charge in [0, 0.05) is 28.4 Å². The lowest BCUT2D eigenvalue weighted by Crippen LogP contribution is -2.40. The molecule has 0 aliphatic rings. The predicted octanol–water partition coefficient (Wildman–Crippen LogP) is 4.00. The Bertz CT molecular complexity index is 1110. The first-order chi connectivity index (χ1) is 15.2. The van der Waals surface area contributed by atoms with Gasteiger partial charge in [-0.25, -0.2) is 4.68 Å². The quantitative estimate of drug-likeness (QED) is 0.521. The summed E-state index contributed by atoms with van der Waals surface area (Å²) in [5.41, 5.74) is 2.80. The highest BCUT2D eigenvalue weighted by Crippen LogP contribution is 2.26. The lowest BCUT2D eigenvalue weighted by molar-refractivity contribution is -0.138. The van der Waals surface area contributed by atoms with E-state index in [4.69, 9.17) is 11.6 Å². The minimum atomic E-state index is -4.52. The Morgan fingerprint density at radius 2 is 1.72 bits per heavy atom. The number of rotatable bonds is 7. The van der Waals surface area contributed by atoms with Gasteiger partial charge in [-0.1, -0.05) is 41.9 Å². The molecule has 2 aromatic carbocycles. The van der Waals surface area contributed by atoms with Gasteiger partial charge in [0.1, 0.15) is 6.54 Å². The molecule has 3 aromatic rings. The summed E-state index contributed by atoms with van der Waals surface area (Å²) in [6.07, 6.45) is -0.0855. The van der Waals surface area contributed by atoms with E-state index in [0.29, 0.717) is 16.3 Å². The van der Waals surface area contributed by atoms with Crippen LogP contribution in [0.25, 0.3) is 23.0 Å². The van der Waals surface area contributed by atoms with Crippen molar-refractivity contribution in [3.8, 4) is 16.9 Å². The number of carbonyl (C=O) groups is 2. The molecule has 32 heavy (non-hydrogen) atoms. The van der Waals surface area contributed by atoms with E-state index in [9.17, 15) is 22.8 Å². The summed E-state index contributed by atoms with van der Waals surface area (Å²) in [4.78, 5) is 23.5. The van der Waals surface area contributed by atoms with Crippen LogP contribution in [0.15, 0.2) is 66.9 Å². The van der Waals surface area contributed by atoms with Gasteiger partial charge in [0.15, 0.2) is 0 Å². The molecule has 10 heteroatoms. The molecule has 3 rings (SSSR count). The molecular formula is C22H18ClF3N4O2. The van der Waals surface area contributed by atoms with Crippen LogP contribution in [-0.4, -0.2) is 40.9 Å². The van der Waals surface area contributed by atoms with E-state index in [1.165, 1.54) is 12.2 Å². The maximum Gasteiger partial charge on any atom is 0.405 e. The second-order valence-electron chi connectivity index (χ2n) is 6.66. The Kier molecular flexibility index (Phi) is 7.32. The van der Waals surface area contributed by atoms with Crippen molar-refractivity contribution in [2.45, 2.75) is 6.18 Å². The van der Waals surface area contributed by atoms with E-state index in [1.807, 2.05) is 30.3 Å². The van der Waals surface area contributed by atoms with E-state index in [1.54, 1.807) is 40.5 Å². The summed E-state index contributed by atoms with van der Waals surface area (Å²) < 4.78 is 38.0. The third-order valence-corrected chi connectivity index (χ3v) is 4.46. The van der Waals surface area contributed by atoms with E-state index in [2.05, 4.69) is 10.4 Å². The number of carbonyl (C=O) groups excluding carboxylic acids is 2. The van der Waals surface area contributed by atoms with Gasteiger partial charge in [-0.15, -0.1) is 0 Å². The van der Waals surface area contributed by atoms with Crippen molar-refractivity contribution >= 4 is 29.5 Å². The van der Waals surface area contributed by atoms with Crippen LogP contribution in [0, 0.1) is 0 Å². The van der Waals surface area contributed by atoms with E-state index >= 15 is 0 Å². The Morgan fingerprint density at radius 1 is 1.03 bits per heavy atom. The molecule has 0 saturated carbocycles. The van der Waals surface area contributed by atoms with Gasteiger partial charge in [0.2, 0.25) is 11.8 Å². The van der Waals surface area contributed by atoms with Crippen LogP contribution < -0.4 is 10.6 Å². The van der Waals surface area contributed by atoms with Crippen LogP contribution in [0.3, 0.4) is 0 Å². The first kappa shape index (κ1) is 23.1. The molecule has 0 radical (unpaired) electrons. The van der Waals surface area contributed by atoms with E-state index < -0.39 is 31.1 Å². The highest BCUT2D eigenvalue weighted by molar-refractivity contribution is 6.30. The second-order valence-corrected chi connectivity index (χ2v) is 7.10. The van der Waals surface area contributed by atoms with Crippen LogP contribution in [0.1, 0.15) is 5.56 Å². The summed E-state index contributed by atoms with van der Waals surface area (Å²) in [5, 5.41) is 9.09. The molecule has 0 saturated heterocycles. The number of hydrogen-bond donors (Lipinski definition) is 2. The number of alkyl halides is 3. The lowest BCUT2D eigenvalue weighted by Gasteiger charge is -2.08. The fourth-order valence-corrected chi connectivity index (χ4v) is 2.83. The zero-order valence-electron chi connectivity index (χ0n) is 16.6. The van der Waals surface area contributed by atoms with Gasteiger partial charge >= 0.3 is 6.18 Å². The number of para-hydroxylation sites is 1. The number of nitrogens with zero attached hydrogens (tertiary/aromatic N) is 2. The van der Waals surface area contributed by atoms with Gasteiger partial charge in [0.05, 0.1) is 17.9 Å². The number of benzene rings is 2. The normalized spacial score (nSPS) is 11.5. The second kappa shape index (κ2) is 10.1. The summed E-state index contributed by atoms with van der Waals surface area (Å²) >= 11 is 5.96. The molecular weight excluding hydrogens is 445 g/mol. The van der Waals surface area contributed by atoms with Gasteiger partial charge in [-0.05, 0) is 30.3 Å². The van der Waals surface area contributed by atoms with Crippen LogP contribution in [0.4, 0.5) is 13.2 Å². The predicted molar refractivity (Wildman–Crippen MR) is 115 cm³/mol. The highest BCUT2D eigenvalue weighted by atomic mass is 35.5. The highest BCUT2D eigenvalue weighted by Gasteiger charge is 2.27. The molecule has 0 fully saturated rings. The standard InChI is InChI=1S/C22H18ClF3N4O2/c23-17-9-6-15(7-10-17)21-16(13-30(29-21)18-4-2-1-3-5-18)8-11-19(31)27-12-20(32)28-14-22(24,25)26/h1-11,13H,12,14H2,(H,27,31)(H,28,32)/b11-8+. The fraction of sp³-hybridized carbons (Fsp3) is 0.136. The Morgan fingerprint density at radius 3 is 2.38 bits per heavy atom. The summed E-state index contributed by atoms with van der Waals surface area (Å²) in [6.45, 7) is -2.03. The van der Waals surface area contributed by atoms with Crippen LogP contribution in [-0.2, 0) is 9.59 Å². The van der Waals surface area contributed by atoms with Crippen LogP contribution in [0.2, 0.25) is 5.02 Å². The average molecular weight is 463 g/mol. The lowest BCUT2D eigenvalue weighted by atomic mass is 10.1. The maximum absolute atomic E-state index is 12.1. The molecule has 2 N–H and O–H groups in total. The molecule has 0 atom stereocenters. The zero-order chi connectivity index (χ0) is 23.1. The minimum absolute atomic E-state index is 0.566. The first-order valence-corrected chi connectivity index (χ1v) is 9.79. The largest absolute Gasteiger partial charge is 0.405 e.